The van der Waals surface area contributed by atoms with Crippen LogP contribution in [-0.2, 0) is 19.4 Å². The lowest BCUT2D eigenvalue weighted by Crippen LogP contribution is -2.34. The molecule has 0 amide bonds. The fourth-order valence-corrected chi connectivity index (χ4v) is 5.03. The Balaban J connectivity index is 2.15. The number of sulfone groups is 1. The number of carbonyl (C=O) groups excluding carboxylic acids is 1. The summed E-state index contributed by atoms with van der Waals surface area (Å²) in [7, 11) is -2.54. The van der Waals surface area contributed by atoms with Crippen LogP contribution in [0.3, 0.4) is 0 Å². The molecule has 4 nitrogen and oxygen atoms in total. The van der Waals surface area contributed by atoms with Crippen molar-refractivity contribution in [2.24, 2.45) is 0 Å². The molecule has 0 bridgehead atoms. The Hall–Kier alpha value is -1.62. The molecule has 1 atom stereocenters. The Morgan fingerprint density at radius 2 is 1.83 bits per heavy atom. The molecule has 24 heavy (non-hydrogen) atoms. The zero-order chi connectivity index (χ0) is 17.6. The average Bonchev–Trinajstić information content (AvgIpc) is 3.34. The van der Waals surface area contributed by atoms with Crippen LogP contribution in [0.15, 0.2) is 46.9 Å². The van der Waals surface area contributed by atoms with Gasteiger partial charge in [-0.3, -0.25) is 0 Å². The van der Waals surface area contributed by atoms with Crippen LogP contribution in [0.5, 0.6) is 0 Å². The quantitative estimate of drug-likeness (QED) is 0.383. The van der Waals surface area contributed by atoms with E-state index in [0.717, 1.165) is 19.3 Å². The molecule has 0 N–H and O–H groups in total. The second kappa shape index (κ2) is 7.97. The van der Waals surface area contributed by atoms with Crippen LogP contribution in [-0.4, -0.2) is 26.2 Å². The largest absolute Gasteiger partial charge is 0.468 e. The highest BCUT2D eigenvalue weighted by Gasteiger charge is 2.66. The molecule has 0 aliphatic heterocycles. The summed E-state index contributed by atoms with van der Waals surface area (Å²) >= 11 is 0. The van der Waals surface area contributed by atoms with Gasteiger partial charge in [0.1, 0.15) is 0 Å². The molecule has 0 saturated heterocycles. The zero-order valence-electron chi connectivity index (χ0n) is 14.5. The molecule has 1 aliphatic carbocycles. The number of carbonyl (C=O) groups is 1. The smallest absolute Gasteiger partial charge is 0.332 e. The van der Waals surface area contributed by atoms with Crippen LogP contribution in [0.25, 0.3) is 0 Å². The minimum Gasteiger partial charge on any atom is -0.468 e. The van der Waals surface area contributed by atoms with Crippen molar-refractivity contribution in [3.05, 3.63) is 42.0 Å². The number of unbranched alkanes of at least 4 members (excludes halogenated alkanes) is 5. The highest BCUT2D eigenvalue weighted by atomic mass is 32.2. The van der Waals surface area contributed by atoms with Gasteiger partial charge in [-0.1, -0.05) is 56.9 Å². The number of esters is 1. The second-order valence-electron chi connectivity index (χ2n) is 6.24. The topological polar surface area (TPSA) is 60.4 Å². The molecule has 1 fully saturated rings. The summed E-state index contributed by atoms with van der Waals surface area (Å²) in [6.07, 6.45) is 8.74. The molecular formula is C19H26O4S. The van der Waals surface area contributed by atoms with E-state index in [1.165, 1.54) is 38.5 Å². The van der Waals surface area contributed by atoms with E-state index in [4.69, 9.17) is 4.74 Å². The van der Waals surface area contributed by atoms with Crippen LogP contribution < -0.4 is 0 Å². The molecule has 1 aliphatic rings. The zero-order valence-corrected chi connectivity index (χ0v) is 15.3. The van der Waals surface area contributed by atoms with Crippen molar-refractivity contribution >= 4 is 15.8 Å². The van der Waals surface area contributed by atoms with Gasteiger partial charge in [-0.2, -0.15) is 0 Å². The predicted molar refractivity (Wildman–Crippen MR) is 94.5 cm³/mol. The fourth-order valence-electron chi connectivity index (χ4n) is 3.03. The molecule has 1 aromatic carbocycles. The van der Waals surface area contributed by atoms with Gasteiger partial charge in [0.25, 0.3) is 0 Å². The summed E-state index contributed by atoms with van der Waals surface area (Å²) in [6, 6.07) is 8.14. The first kappa shape index (κ1) is 18.7. The highest BCUT2D eigenvalue weighted by Crippen LogP contribution is 2.53. The molecule has 0 radical (unpaired) electrons. The first-order valence-electron chi connectivity index (χ1n) is 8.58. The number of rotatable bonds is 9. The molecule has 2 rings (SSSR count). The Labute approximate surface area is 144 Å². The van der Waals surface area contributed by atoms with E-state index in [-0.39, 0.29) is 11.3 Å². The van der Waals surface area contributed by atoms with Gasteiger partial charge in [0, 0.05) is 6.42 Å². The van der Waals surface area contributed by atoms with Crippen LogP contribution >= 0.6 is 0 Å². The number of hydrogen-bond acceptors (Lipinski definition) is 4. The van der Waals surface area contributed by atoms with Crippen LogP contribution in [0.4, 0.5) is 0 Å². The van der Waals surface area contributed by atoms with Crippen molar-refractivity contribution in [1.29, 1.82) is 0 Å². The summed E-state index contributed by atoms with van der Waals surface area (Å²) in [5, 5.41) is 0. The van der Waals surface area contributed by atoms with Crippen molar-refractivity contribution < 1.29 is 17.9 Å². The normalized spacial score (nSPS) is 21.7. The molecule has 132 valence electrons. The van der Waals surface area contributed by atoms with Crippen LogP contribution in [0.1, 0.15) is 51.9 Å². The molecule has 1 unspecified atom stereocenters. The van der Waals surface area contributed by atoms with E-state index in [9.17, 15) is 13.2 Å². The first-order chi connectivity index (χ1) is 11.5. The van der Waals surface area contributed by atoms with Gasteiger partial charge in [0.2, 0.25) is 0 Å². The maximum absolute atomic E-state index is 13.0. The summed E-state index contributed by atoms with van der Waals surface area (Å²) < 4.78 is 29.2. The standard InChI is InChI=1S/C19H26O4S/c1-3-4-5-6-7-9-12-16-15-19(16,18(20)23-2)24(21,22)17-13-10-8-11-14-17/h8,10-14H,3-7,9,15H2,1-2H3/b16-12+. The number of benzene rings is 1. The summed E-state index contributed by atoms with van der Waals surface area (Å²) in [5.41, 5.74) is 0.675. The van der Waals surface area contributed by atoms with Gasteiger partial charge in [0.05, 0.1) is 12.0 Å². The van der Waals surface area contributed by atoms with E-state index >= 15 is 0 Å². The van der Waals surface area contributed by atoms with Gasteiger partial charge >= 0.3 is 5.97 Å². The Morgan fingerprint density at radius 1 is 1.17 bits per heavy atom. The maximum Gasteiger partial charge on any atom is 0.332 e. The van der Waals surface area contributed by atoms with Crippen molar-refractivity contribution in [3.63, 3.8) is 0 Å². The summed E-state index contributed by atoms with van der Waals surface area (Å²) in [4.78, 5) is 12.4. The Kier molecular flexibility index (Phi) is 6.21. The molecular weight excluding hydrogens is 324 g/mol. The highest BCUT2D eigenvalue weighted by molar-refractivity contribution is 7.94. The fraction of sp³-hybridized carbons (Fsp3) is 0.526. The molecule has 0 heterocycles. The Morgan fingerprint density at radius 3 is 2.46 bits per heavy atom. The first-order valence-corrected chi connectivity index (χ1v) is 10.1. The number of ether oxygens (including phenoxy) is 1. The van der Waals surface area contributed by atoms with Gasteiger partial charge in [-0.05, 0) is 30.5 Å². The summed E-state index contributed by atoms with van der Waals surface area (Å²) in [5.74, 6) is -0.677. The van der Waals surface area contributed by atoms with Gasteiger partial charge in [0.15, 0.2) is 14.6 Å². The van der Waals surface area contributed by atoms with E-state index in [1.807, 2.05) is 6.08 Å². The van der Waals surface area contributed by atoms with E-state index in [0.29, 0.717) is 5.57 Å². The minimum atomic E-state index is -3.78. The molecule has 5 heteroatoms. The van der Waals surface area contributed by atoms with Crippen molar-refractivity contribution in [2.75, 3.05) is 7.11 Å². The van der Waals surface area contributed by atoms with Gasteiger partial charge < -0.3 is 4.74 Å². The SMILES string of the molecule is CCCCCCC/C=C1\CC1(C(=O)OC)S(=O)(=O)c1ccccc1. The van der Waals surface area contributed by atoms with Crippen molar-refractivity contribution in [1.82, 2.24) is 0 Å². The third kappa shape index (κ3) is 3.56. The molecule has 0 aromatic heterocycles. The Bertz CT molecular complexity index is 691. The second-order valence-corrected chi connectivity index (χ2v) is 8.42. The van der Waals surface area contributed by atoms with Crippen LogP contribution in [0.2, 0.25) is 0 Å². The third-order valence-electron chi connectivity index (χ3n) is 4.56. The molecule has 1 saturated carbocycles. The van der Waals surface area contributed by atoms with Gasteiger partial charge in [-0.25, -0.2) is 13.2 Å². The number of allylic oxidation sites excluding steroid dienone is 1. The predicted octanol–water partition coefficient (Wildman–Crippen LogP) is 4.06. The summed E-state index contributed by atoms with van der Waals surface area (Å²) in [6.45, 7) is 2.17. The monoisotopic (exact) mass is 350 g/mol. The van der Waals surface area contributed by atoms with E-state index < -0.39 is 20.6 Å². The molecule has 1 aromatic rings. The lowest BCUT2D eigenvalue weighted by atomic mass is 10.1. The van der Waals surface area contributed by atoms with Crippen molar-refractivity contribution in [2.45, 2.75) is 61.5 Å². The number of hydrogen-bond donors (Lipinski definition) is 0. The van der Waals surface area contributed by atoms with Crippen molar-refractivity contribution in [3.8, 4) is 0 Å². The van der Waals surface area contributed by atoms with Crippen LogP contribution in [0, 0.1) is 0 Å². The lowest BCUT2D eigenvalue weighted by Gasteiger charge is -2.13. The number of methoxy groups -OCH3 is 1. The maximum atomic E-state index is 13.0. The van der Waals surface area contributed by atoms with E-state index in [1.54, 1.807) is 18.2 Å². The lowest BCUT2D eigenvalue weighted by molar-refractivity contribution is -0.140. The minimum absolute atomic E-state index is 0.168. The third-order valence-corrected chi connectivity index (χ3v) is 6.94. The van der Waals surface area contributed by atoms with E-state index in [2.05, 4.69) is 6.92 Å². The molecule has 0 spiro atoms. The van der Waals surface area contributed by atoms with Gasteiger partial charge in [-0.15, -0.1) is 0 Å². The average molecular weight is 350 g/mol.